The van der Waals surface area contributed by atoms with Crippen LogP contribution in [0, 0.1) is 0 Å². The Balaban J connectivity index is 2.34. The summed E-state index contributed by atoms with van der Waals surface area (Å²) in [5.41, 5.74) is 2.19. The van der Waals surface area contributed by atoms with Gasteiger partial charge in [-0.2, -0.15) is 0 Å². The van der Waals surface area contributed by atoms with Crippen LogP contribution < -0.4 is 4.57 Å². The Bertz CT molecular complexity index is 392. The van der Waals surface area contributed by atoms with Gasteiger partial charge in [-0.15, -0.1) is 0 Å². The predicted octanol–water partition coefficient (Wildman–Crippen LogP) is 2.06. The van der Waals surface area contributed by atoms with Crippen LogP contribution in [0.2, 0.25) is 0 Å². The van der Waals surface area contributed by atoms with Crippen LogP contribution in [0.5, 0.6) is 0 Å². The van der Waals surface area contributed by atoms with E-state index in [4.69, 9.17) is 0 Å². The first-order chi connectivity index (χ1) is 6.90. The van der Waals surface area contributed by atoms with Crippen molar-refractivity contribution in [1.29, 1.82) is 0 Å². The molecule has 0 aromatic carbocycles. The molecule has 2 nitrogen and oxygen atoms in total. The molecule has 70 valence electrons. The molecular weight excluding hydrogens is 172 g/mol. The maximum atomic E-state index is 4.30. The fraction of sp³-hybridized carbons (Fsp3) is 0.167. The van der Waals surface area contributed by atoms with Crippen molar-refractivity contribution in [2.75, 3.05) is 0 Å². The zero-order chi connectivity index (χ0) is 9.80. The average Bonchev–Trinajstić information content (AvgIpc) is 2.30. The first-order valence-corrected chi connectivity index (χ1v) is 4.80. The van der Waals surface area contributed by atoms with Gasteiger partial charge in [0.15, 0.2) is 12.4 Å². The highest BCUT2D eigenvalue weighted by Gasteiger charge is 2.00. The molecule has 0 saturated carbocycles. The summed E-state index contributed by atoms with van der Waals surface area (Å²) in [5, 5.41) is 0. The Labute approximate surface area is 83.9 Å². The van der Waals surface area contributed by atoms with E-state index in [2.05, 4.69) is 41.0 Å². The van der Waals surface area contributed by atoms with Crippen LogP contribution in [0.4, 0.5) is 0 Å². The van der Waals surface area contributed by atoms with Gasteiger partial charge in [-0.25, -0.2) is 4.57 Å². The third-order valence-electron chi connectivity index (χ3n) is 2.22. The second kappa shape index (κ2) is 4.01. The van der Waals surface area contributed by atoms with Crippen LogP contribution in [0.25, 0.3) is 11.3 Å². The lowest BCUT2D eigenvalue weighted by Crippen LogP contribution is -2.30. The van der Waals surface area contributed by atoms with Gasteiger partial charge in [0.05, 0.1) is 5.69 Å². The van der Waals surface area contributed by atoms with E-state index < -0.39 is 0 Å². The normalized spacial score (nSPS) is 10.1. The van der Waals surface area contributed by atoms with Crippen molar-refractivity contribution in [2.24, 2.45) is 0 Å². The molecule has 0 spiro atoms. The molecule has 0 unspecified atom stereocenters. The fourth-order valence-corrected chi connectivity index (χ4v) is 1.37. The number of aryl methyl sites for hydroxylation is 1. The van der Waals surface area contributed by atoms with Gasteiger partial charge in [-0.1, -0.05) is 6.07 Å². The van der Waals surface area contributed by atoms with E-state index in [1.165, 1.54) is 0 Å². The molecule has 2 heterocycles. The molecule has 2 heteroatoms. The molecule has 2 rings (SSSR count). The molecule has 14 heavy (non-hydrogen) atoms. The summed E-state index contributed by atoms with van der Waals surface area (Å²) in [5.74, 6) is 0. The molecule has 0 fully saturated rings. The van der Waals surface area contributed by atoms with Gasteiger partial charge in [0.1, 0.15) is 6.54 Å². The molecule has 0 amide bonds. The Morgan fingerprint density at radius 2 is 1.93 bits per heavy atom. The van der Waals surface area contributed by atoms with Crippen molar-refractivity contribution >= 4 is 0 Å². The topological polar surface area (TPSA) is 16.8 Å². The van der Waals surface area contributed by atoms with E-state index in [-0.39, 0.29) is 0 Å². The summed E-state index contributed by atoms with van der Waals surface area (Å²) in [7, 11) is 0. The molecule has 0 aliphatic carbocycles. The van der Waals surface area contributed by atoms with E-state index in [9.17, 15) is 0 Å². The lowest BCUT2D eigenvalue weighted by Gasteiger charge is -1.98. The molecule has 0 aliphatic heterocycles. The lowest BCUT2D eigenvalue weighted by molar-refractivity contribution is -0.693. The van der Waals surface area contributed by atoms with Crippen molar-refractivity contribution in [2.45, 2.75) is 13.5 Å². The molecule has 0 radical (unpaired) electrons. The highest BCUT2D eigenvalue weighted by atomic mass is 14.9. The van der Waals surface area contributed by atoms with E-state index >= 15 is 0 Å². The Hall–Kier alpha value is -1.70. The molecule has 2 aromatic heterocycles. The van der Waals surface area contributed by atoms with Gasteiger partial charge < -0.3 is 0 Å². The second-order valence-corrected chi connectivity index (χ2v) is 3.13. The Kier molecular flexibility index (Phi) is 2.54. The smallest absolute Gasteiger partial charge is 0.169 e. The van der Waals surface area contributed by atoms with Gasteiger partial charge >= 0.3 is 0 Å². The van der Waals surface area contributed by atoms with Gasteiger partial charge in [-0.3, -0.25) is 4.98 Å². The lowest BCUT2D eigenvalue weighted by atomic mass is 10.2. The maximum Gasteiger partial charge on any atom is 0.169 e. The standard InChI is InChI=1S/C12H13N2/c1-2-14-9-6-11(7-10-14)12-5-3-4-8-13-12/h3-10H,2H2,1H3/q+1. The van der Waals surface area contributed by atoms with Gasteiger partial charge in [-0.05, 0) is 19.1 Å². The number of rotatable bonds is 2. The highest BCUT2D eigenvalue weighted by molar-refractivity contribution is 5.56. The minimum Gasteiger partial charge on any atom is -0.256 e. The zero-order valence-electron chi connectivity index (χ0n) is 8.22. The van der Waals surface area contributed by atoms with Gasteiger partial charge in [0, 0.05) is 23.9 Å². The minimum atomic E-state index is 1.00. The van der Waals surface area contributed by atoms with Crippen molar-refractivity contribution in [1.82, 2.24) is 4.98 Å². The summed E-state index contributed by atoms with van der Waals surface area (Å²) >= 11 is 0. The molecule has 2 aromatic rings. The van der Waals surface area contributed by atoms with Crippen LogP contribution >= 0.6 is 0 Å². The monoisotopic (exact) mass is 185 g/mol. The summed E-state index contributed by atoms with van der Waals surface area (Å²) in [6, 6.07) is 10.1. The van der Waals surface area contributed by atoms with E-state index in [0.29, 0.717) is 0 Å². The quantitative estimate of drug-likeness (QED) is 0.654. The van der Waals surface area contributed by atoms with Crippen molar-refractivity contribution in [3.05, 3.63) is 48.9 Å². The predicted molar refractivity (Wildman–Crippen MR) is 55.5 cm³/mol. The van der Waals surface area contributed by atoms with Crippen LogP contribution in [0.1, 0.15) is 6.92 Å². The molecule has 0 aliphatic rings. The summed E-state index contributed by atoms with van der Waals surface area (Å²) in [4.78, 5) is 4.30. The number of aromatic nitrogens is 2. The second-order valence-electron chi connectivity index (χ2n) is 3.13. The highest BCUT2D eigenvalue weighted by Crippen LogP contribution is 2.13. The molecule has 0 atom stereocenters. The average molecular weight is 185 g/mol. The van der Waals surface area contributed by atoms with Crippen molar-refractivity contribution in [3.63, 3.8) is 0 Å². The third-order valence-corrected chi connectivity index (χ3v) is 2.22. The van der Waals surface area contributed by atoms with Crippen LogP contribution in [0.3, 0.4) is 0 Å². The maximum absolute atomic E-state index is 4.30. The van der Waals surface area contributed by atoms with Crippen LogP contribution in [-0.4, -0.2) is 4.98 Å². The van der Waals surface area contributed by atoms with E-state index in [1.54, 1.807) is 0 Å². The van der Waals surface area contributed by atoms with Crippen LogP contribution in [-0.2, 0) is 6.54 Å². The van der Waals surface area contributed by atoms with Crippen molar-refractivity contribution in [3.8, 4) is 11.3 Å². The molecular formula is C12H13N2+. The summed E-state index contributed by atoms with van der Waals surface area (Å²) in [6.45, 7) is 3.13. The number of nitrogens with zero attached hydrogens (tertiary/aromatic N) is 2. The number of hydrogen-bond acceptors (Lipinski definition) is 1. The molecule has 0 bridgehead atoms. The number of hydrogen-bond donors (Lipinski definition) is 0. The van der Waals surface area contributed by atoms with E-state index in [1.807, 2.05) is 24.4 Å². The first kappa shape index (κ1) is 8.88. The largest absolute Gasteiger partial charge is 0.256 e. The fourth-order valence-electron chi connectivity index (χ4n) is 1.37. The Morgan fingerprint density at radius 1 is 1.14 bits per heavy atom. The summed E-state index contributed by atoms with van der Waals surface area (Å²) < 4.78 is 2.13. The third kappa shape index (κ3) is 1.79. The van der Waals surface area contributed by atoms with Gasteiger partial charge in [0.25, 0.3) is 0 Å². The molecule has 0 saturated heterocycles. The van der Waals surface area contributed by atoms with E-state index in [0.717, 1.165) is 17.8 Å². The Morgan fingerprint density at radius 3 is 2.50 bits per heavy atom. The van der Waals surface area contributed by atoms with Gasteiger partial charge in [0.2, 0.25) is 0 Å². The van der Waals surface area contributed by atoms with Crippen molar-refractivity contribution < 1.29 is 4.57 Å². The minimum absolute atomic E-state index is 1.00. The number of pyridine rings is 2. The molecule has 0 N–H and O–H groups in total. The van der Waals surface area contributed by atoms with Crippen LogP contribution in [0.15, 0.2) is 48.9 Å². The first-order valence-electron chi connectivity index (χ1n) is 4.80. The zero-order valence-corrected chi connectivity index (χ0v) is 8.22. The SMILES string of the molecule is CC[n+]1ccc(-c2ccccn2)cc1. The summed E-state index contributed by atoms with van der Waals surface area (Å²) in [6.07, 6.45) is 5.96.